The number of hydrogen-bond donors (Lipinski definition) is 1. The quantitative estimate of drug-likeness (QED) is 0.487. The van der Waals surface area contributed by atoms with Crippen LogP contribution >= 0.6 is 23.2 Å². The van der Waals surface area contributed by atoms with E-state index in [1.54, 1.807) is 0 Å². The lowest BCUT2D eigenvalue weighted by Crippen LogP contribution is -2.36. The molecule has 0 spiro atoms. The van der Waals surface area contributed by atoms with Gasteiger partial charge in [0.2, 0.25) is 0 Å². The summed E-state index contributed by atoms with van der Waals surface area (Å²) in [5.41, 5.74) is -0.0930. The first-order chi connectivity index (χ1) is 9.20. The Kier molecular flexibility index (Phi) is 6.05. The van der Waals surface area contributed by atoms with Gasteiger partial charge in [-0.1, -0.05) is 23.2 Å². The molecule has 0 aliphatic carbocycles. The van der Waals surface area contributed by atoms with Gasteiger partial charge in [-0.15, -0.1) is 0 Å². The van der Waals surface area contributed by atoms with Crippen LogP contribution in [0, 0.1) is 10.1 Å². The first-order valence-electron chi connectivity index (χ1n) is 6.22. The second-order valence-electron chi connectivity index (χ2n) is 5.37. The van der Waals surface area contributed by atoms with Crippen molar-refractivity contribution in [3.05, 3.63) is 32.3 Å². The third-order valence-corrected chi connectivity index (χ3v) is 2.98. The molecule has 0 fully saturated rings. The minimum Gasteiger partial charge on any atom is -0.490 e. The number of nitrogens with one attached hydrogen (secondary N) is 1. The molecule has 0 heterocycles. The predicted molar refractivity (Wildman–Crippen MR) is 81.0 cm³/mol. The van der Waals surface area contributed by atoms with Crippen LogP contribution in [-0.4, -0.2) is 23.6 Å². The normalized spacial score (nSPS) is 11.4. The fraction of sp³-hybridized carbons (Fsp3) is 0.538. The maximum atomic E-state index is 10.6. The molecule has 1 rings (SSSR count). The Hall–Kier alpha value is -1.04. The number of non-ortho nitro benzene ring substituents is 1. The van der Waals surface area contributed by atoms with Gasteiger partial charge in [0.25, 0.3) is 5.69 Å². The molecule has 0 aliphatic rings. The summed E-state index contributed by atoms with van der Waals surface area (Å²) in [7, 11) is 0. The summed E-state index contributed by atoms with van der Waals surface area (Å²) in [6.07, 6.45) is 0.779. The highest BCUT2D eigenvalue weighted by molar-refractivity contribution is 6.37. The molecule has 0 saturated carbocycles. The topological polar surface area (TPSA) is 64.4 Å². The van der Waals surface area contributed by atoms with Crippen LogP contribution in [-0.2, 0) is 0 Å². The second kappa shape index (κ2) is 7.11. The SMILES string of the molecule is CC(C)(C)NCCCOc1c(Cl)cc([N+](=O)[O-])cc1Cl. The van der Waals surface area contributed by atoms with Gasteiger partial charge in [-0.25, -0.2) is 0 Å². The minimum absolute atomic E-state index is 0.0582. The molecule has 0 aromatic heterocycles. The Morgan fingerprint density at radius 1 is 1.30 bits per heavy atom. The Morgan fingerprint density at radius 3 is 2.30 bits per heavy atom. The third kappa shape index (κ3) is 5.53. The van der Waals surface area contributed by atoms with Gasteiger partial charge in [0.15, 0.2) is 5.75 Å². The predicted octanol–water partition coefficient (Wildman–Crippen LogP) is 4.06. The highest BCUT2D eigenvalue weighted by atomic mass is 35.5. The van der Waals surface area contributed by atoms with Crippen molar-refractivity contribution in [1.82, 2.24) is 5.32 Å². The highest BCUT2D eigenvalue weighted by Crippen LogP contribution is 2.36. The maximum absolute atomic E-state index is 10.6. The van der Waals surface area contributed by atoms with Gasteiger partial charge in [0.05, 0.1) is 21.6 Å². The Balaban J connectivity index is 2.55. The van der Waals surface area contributed by atoms with Gasteiger partial charge in [0, 0.05) is 17.7 Å². The highest BCUT2D eigenvalue weighted by Gasteiger charge is 2.15. The van der Waals surface area contributed by atoms with Crippen molar-refractivity contribution in [2.75, 3.05) is 13.2 Å². The molecule has 0 unspecified atom stereocenters. The van der Waals surface area contributed by atoms with E-state index in [9.17, 15) is 10.1 Å². The molecular weight excluding hydrogens is 303 g/mol. The minimum atomic E-state index is -0.547. The molecule has 20 heavy (non-hydrogen) atoms. The average molecular weight is 321 g/mol. The first kappa shape index (κ1) is 17.0. The number of hydrogen-bond acceptors (Lipinski definition) is 4. The molecular formula is C13H18Cl2N2O3. The number of nitro groups is 1. The van der Waals surface area contributed by atoms with Crippen LogP contribution in [0.2, 0.25) is 10.0 Å². The summed E-state index contributed by atoms with van der Waals surface area (Å²) in [5.74, 6) is 0.287. The van der Waals surface area contributed by atoms with Crippen LogP contribution in [0.15, 0.2) is 12.1 Å². The summed E-state index contributed by atoms with van der Waals surface area (Å²) >= 11 is 11.9. The summed E-state index contributed by atoms with van der Waals surface area (Å²) in [6, 6.07) is 2.46. The zero-order chi connectivity index (χ0) is 15.3. The van der Waals surface area contributed by atoms with Crippen molar-refractivity contribution >= 4 is 28.9 Å². The van der Waals surface area contributed by atoms with E-state index >= 15 is 0 Å². The standard InChI is InChI=1S/C13H18Cl2N2O3/c1-13(2,3)16-5-4-6-20-12-10(14)7-9(17(18)19)8-11(12)15/h7-8,16H,4-6H2,1-3H3. The van der Waals surface area contributed by atoms with Crippen molar-refractivity contribution < 1.29 is 9.66 Å². The molecule has 0 bridgehead atoms. The molecule has 112 valence electrons. The van der Waals surface area contributed by atoms with E-state index in [1.807, 2.05) is 0 Å². The molecule has 1 aromatic rings. The van der Waals surface area contributed by atoms with Gasteiger partial charge >= 0.3 is 0 Å². The fourth-order valence-electron chi connectivity index (χ4n) is 1.50. The van der Waals surface area contributed by atoms with Gasteiger partial charge in [0.1, 0.15) is 0 Å². The molecule has 0 saturated heterocycles. The summed E-state index contributed by atoms with van der Waals surface area (Å²) < 4.78 is 5.49. The lowest BCUT2D eigenvalue weighted by molar-refractivity contribution is -0.384. The van der Waals surface area contributed by atoms with E-state index in [2.05, 4.69) is 26.1 Å². The summed E-state index contributed by atoms with van der Waals surface area (Å²) in [5, 5.41) is 14.3. The lowest BCUT2D eigenvalue weighted by Gasteiger charge is -2.20. The fourth-order valence-corrected chi connectivity index (χ4v) is 2.08. The van der Waals surface area contributed by atoms with E-state index in [-0.39, 0.29) is 27.0 Å². The number of halogens is 2. The molecule has 7 heteroatoms. The number of nitrogens with zero attached hydrogens (tertiary/aromatic N) is 1. The van der Waals surface area contributed by atoms with Gasteiger partial charge in [-0.05, 0) is 33.7 Å². The zero-order valence-corrected chi connectivity index (χ0v) is 13.2. The Morgan fingerprint density at radius 2 is 1.85 bits per heavy atom. The Bertz CT molecular complexity index is 464. The maximum Gasteiger partial charge on any atom is 0.272 e. The van der Waals surface area contributed by atoms with Gasteiger partial charge in [-0.3, -0.25) is 10.1 Å². The first-order valence-corrected chi connectivity index (χ1v) is 6.97. The zero-order valence-electron chi connectivity index (χ0n) is 11.7. The van der Waals surface area contributed by atoms with Crippen molar-refractivity contribution in [2.45, 2.75) is 32.7 Å². The number of nitro benzene ring substituents is 1. The van der Waals surface area contributed by atoms with Gasteiger partial charge in [-0.2, -0.15) is 0 Å². The van der Waals surface area contributed by atoms with Crippen LogP contribution in [0.1, 0.15) is 27.2 Å². The second-order valence-corrected chi connectivity index (χ2v) is 6.19. The van der Waals surface area contributed by atoms with E-state index < -0.39 is 4.92 Å². The van der Waals surface area contributed by atoms with Crippen LogP contribution < -0.4 is 10.1 Å². The van der Waals surface area contributed by atoms with E-state index in [4.69, 9.17) is 27.9 Å². The Labute approximate surface area is 128 Å². The lowest BCUT2D eigenvalue weighted by atomic mass is 10.1. The summed E-state index contributed by atoms with van der Waals surface area (Å²) in [4.78, 5) is 10.1. The molecule has 1 aromatic carbocycles. The largest absolute Gasteiger partial charge is 0.490 e. The van der Waals surface area contributed by atoms with E-state index in [0.29, 0.717) is 6.61 Å². The molecule has 5 nitrogen and oxygen atoms in total. The monoisotopic (exact) mass is 320 g/mol. The number of ether oxygens (including phenoxy) is 1. The van der Waals surface area contributed by atoms with E-state index in [0.717, 1.165) is 13.0 Å². The smallest absolute Gasteiger partial charge is 0.272 e. The van der Waals surface area contributed by atoms with Crippen LogP contribution in [0.25, 0.3) is 0 Å². The van der Waals surface area contributed by atoms with Crippen molar-refractivity contribution in [2.24, 2.45) is 0 Å². The number of benzene rings is 1. The molecule has 0 radical (unpaired) electrons. The molecule has 0 amide bonds. The molecule has 0 atom stereocenters. The molecule has 0 aliphatic heterocycles. The van der Waals surface area contributed by atoms with E-state index in [1.165, 1.54) is 12.1 Å². The molecule has 1 N–H and O–H groups in total. The van der Waals surface area contributed by atoms with Crippen LogP contribution in [0.3, 0.4) is 0 Å². The summed E-state index contributed by atoms with van der Waals surface area (Å²) in [6.45, 7) is 7.47. The average Bonchev–Trinajstić information content (AvgIpc) is 2.29. The third-order valence-electron chi connectivity index (χ3n) is 2.42. The van der Waals surface area contributed by atoms with Crippen LogP contribution in [0.5, 0.6) is 5.75 Å². The van der Waals surface area contributed by atoms with Crippen molar-refractivity contribution in [3.63, 3.8) is 0 Å². The number of rotatable bonds is 6. The van der Waals surface area contributed by atoms with Crippen molar-refractivity contribution in [1.29, 1.82) is 0 Å². The van der Waals surface area contributed by atoms with Gasteiger partial charge < -0.3 is 10.1 Å². The van der Waals surface area contributed by atoms with Crippen LogP contribution in [0.4, 0.5) is 5.69 Å². The van der Waals surface area contributed by atoms with Crippen molar-refractivity contribution in [3.8, 4) is 5.75 Å².